The van der Waals surface area contributed by atoms with Crippen LogP contribution < -0.4 is 5.32 Å². The molecule has 0 spiro atoms. The van der Waals surface area contributed by atoms with E-state index < -0.39 is 11.6 Å². The quantitative estimate of drug-likeness (QED) is 0.858. The molecule has 1 aromatic carbocycles. The van der Waals surface area contributed by atoms with Gasteiger partial charge in [0.2, 0.25) is 5.91 Å². The molecule has 0 saturated heterocycles. The number of amides is 1. The van der Waals surface area contributed by atoms with Gasteiger partial charge in [0.1, 0.15) is 11.6 Å². The molecule has 3 nitrogen and oxygen atoms in total. The Bertz CT molecular complexity index is 479. The third kappa shape index (κ3) is 3.29. The van der Waals surface area contributed by atoms with Gasteiger partial charge in [-0.25, -0.2) is 8.78 Å². The molecule has 104 valence electrons. The highest BCUT2D eigenvalue weighted by molar-refractivity contribution is 5.83. The second-order valence-electron chi connectivity index (χ2n) is 5.04. The van der Waals surface area contributed by atoms with Gasteiger partial charge in [-0.3, -0.25) is 4.79 Å². The van der Waals surface area contributed by atoms with Crippen LogP contribution in [0.2, 0.25) is 0 Å². The number of halogens is 2. The van der Waals surface area contributed by atoms with E-state index in [0.29, 0.717) is 18.4 Å². The van der Waals surface area contributed by atoms with Gasteiger partial charge >= 0.3 is 0 Å². The Morgan fingerprint density at radius 3 is 2.89 bits per heavy atom. The molecule has 0 aliphatic heterocycles. The molecule has 1 aromatic rings. The highest BCUT2D eigenvalue weighted by Crippen LogP contribution is 2.48. The first-order valence-corrected chi connectivity index (χ1v) is 6.39. The zero-order valence-electron chi connectivity index (χ0n) is 10.7. The molecule has 0 aromatic heterocycles. The normalized spacial score (nSPS) is 22.9. The molecule has 3 atom stereocenters. The average Bonchev–Trinajstić information content (AvgIpc) is 3.09. The van der Waals surface area contributed by atoms with Crippen molar-refractivity contribution in [1.82, 2.24) is 5.32 Å². The van der Waals surface area contributed by atoms with Crippen LogP contribution in [0.1, 0.15) is 31.2 Å². The molecular formula is C14H17F2NO2. The van der Waals surface area contributed by atoms with Gasteiger partial charge < -0.3 is 10.4 Å². The summed E-state index contributed by atoms with van der Waals surface area (Å²) in [5.41, 5.74) is 0.399. The monoisotopic (exact) mass is 269 g/mol. The van der Waals surface area contributed by atoms with E-state index in [9.17, 15) is 13.6 Å². The van der Waals surface area contributed by atoms with E-state index in [0.717, 1.165) is 6.07 Å². The Balaban J connectivity index is 1.95. The summed E-state index contributed by atoms with van der Waals surface area (Å²) in [4.78, 5) is 11.9. The summed E-state index contributed by atoms with van der Waals surface area (Å²) in [6.07, 6.45) is 1.08. The summed E-state index contributed by atoms with van der Waals surface area (Å²) >= 11 is 0. The first-order valence-electron chi connectivity index (χ1n) is 6.39. The predicted molar refractivity (Wildman–Crippen MR) is 66.5 cm³/mol. The highest BCUT2D eigenvalue weighted by atomic mass is 19.1. The van der Waals surface area contributed by atoms with Gasteiger partial charge in [0.05, 0.1) is 0 Å². The molecule has 1 saturated carbocycles. The minimum Gasteiger partial charge on any atom is -0.396 e. The number of rotatable bonds is 5. The van der Waals surface area contributed by atoms with E-state index in [2.05, 4.69) is 5.32 Å². The van der Waals surface area contributed by atoms with Crippen LogP contribution in [0.4, 0.5) is 8.78 Å². The fraction of sp³-hybridized carbons (Fsp3) is 0.500. The van der Waals surface area contributed by atoms with E-state index in [4.69, 9.17) is 5.11 Å². The van der Waals surface area contributed by atoms with Gasteiger partial charge in [0.15, 0.2) is 0 Å². The summed E-state index contributed by atoms with van der Waals surface area (Å²) in [6, 6.07) is 3.36. The predicted octanol–water partition coefficient (Wildman–Crippen LogP) is 1.96. The Kier molecular flexibility index (Phi) is 4.14. The maximum atomic E-state index is 13.6. The maximum Gasteiger partial charge on any atom is 0.223 e. The molecule has 1 aliphatic carbocycles. The maximum absolute atomic E-state index is 13.6. The van der Waals surface area contributed by atoms with Crippen LogP contribution >= 0.6 is 0 Å². The molecular weight excluding hydrogens is 252 g/mol. The summed E-state index contributed by atoms with van der Waals surface area (Å²) < 4.78 is 26.4. The minimum absolute atomic E-state index is 0.0160. The third-order valence-electron chi connectivity index (χ3n) is 3.44. The summed E-state index contributed by atoms with van der Waals surface area (Å²) in [5, 5.41) is 11.5. The molecule has 3 unspecified atom stereocenters. The summed E-state index contributed by atoms with van der Waals surface area (Å²) in [7, 11) is 0. The number of nitrogens with one attached hydrogen (secondary N) is 1. The van der Waals surface area contributed by atoms with Gasteiger partial charge in [-0.05, 0) is 37.3 Å². The second-order valence-corrected chi connectivity index (χ2v) is 5.04. The van der Waals surface area contributed by atoms with Gasteiger partial charge in [-0.2, -0.15) is 0 Å². The number of benzene rings is 1. The molecule has 2 N–H and O–H groups in total. The van der Waals surface area contributed by atoms with E-state index in [1.807, 2.05) is 6.92 Å². The smallest absolute Gasteiger partial charge is 0.223 e. The summed E-state index contributed by atoms with van der Waals surface area (Å²) in [5.74, 6) is -1.75. The Morgan fingerprint density at radius 2 is 2.26 bits per heavy atom. The van der Waals surface area contributed by atoms with Crippen LogP contribution in [0, 0.1) is 17.6 Å². The lowest BCUT2D eigenvalue weighted by Crippen LogP contribution is -2.34. The van der Waals surface area contributed by atoms with Gasteiger partial charge in [0, 0.05) is 24.6 Å². The lowest BCUT2D eigenvalue weighted by Gasteiger charge is -2.12. The Morgan fingerprint density at radius 1 is 1.53 bits per heavy atom. The molecule has 0 heterocycles. The average molecular weight is 269 g/mol. The van der Waals surface area contributed by atoms with Crippen LogP contribution in [0.3, 0.4) is 0 Å². The fourth-order valence-corrected chi connectivity index (χ4v) is 2.25. The number of aliphatic hydroxyl groups is 1. The lowest BCUT2D eigenvalue weighted by molar-refractivity contribution is -0.123. The van der Waals surface area contributed by atoms with Crippen LogP contribution in [0.15, 0.2) is 18.2 Å². The van der Waals surface area contributed by atoms with Crippen LogP contribution in [-0.4, -0.2) is 23.7 Å². The number of hydrogen-bond donors (Lipinski definition) is 2. The standard InChI is InChI=1S/C14H17F2NO2/c1-8(4-5-18)17-14(19)12-7-11(12)10-3-2-9(15)6-13(10)16/h2-3,6,8,11-12,18H,4-5,7H2,1H3,(H,17,19). The van der Waals surface area contributed by atoms with Crippen molar-refractivity contribution in [3.63, 3.8) is 0 Å². The molecule has 1 aliphatic rings. The molecule has 1 amide bonds. The Labute approximate surface area is 110 Å². The molecule has 0 bridgehead atoms. The van der Waals surface area contributed by atoms with Gasteiger partial charge in [0.25, 0.3) is 0 Å². The van der Waals surface area contributed by atoms with E-state index in [1.54, 1.807) is 0 Å². The van der Waals surface area contributed by atoms with Gasteiger partial charge in [-0.15, -0.1) is 0 Å². The van der Waals surface area contributed by atoms with Crippen molar-refractivity contribution >= 4 is 5.91 Å². The van der Waals surface area contributed by atoms with Crippen LogP contribution in [0.25, 0.3) is 0 Å². The van der Waals surface area contributed by atoms with Gasteiger partial charge in [-0.1, -0.05) is 6.07 Å². The largest absolute Gasteiger partial charge is 0.396 e. The van der Waals surface area contributed by atoms with Crippen molar-refractivity contribution < 1.29 is 18.7 Å². The third-order valence-corrected chi connectivity index (χ3v) is 3.44. The van der Waals surface area contributed by atoms with Crippen molar-refractivity contribution in [3.05, 3.63) is 35.4 Å². The van der Waals surface area contributed by atoms with E-state index in [-0.39, 0.29) is 30.4 Å². The molecule has 5 heteroatoms. The Hall–Kier alpha value is -1.49. The highest BCUT2D eigenvalue weighted by Gasteiger charge is 2.45. The van der Waals surface area contributed by atoms with Crippen molar-refractivity contribution in [2.45, 2.75) is 31.7 Å². The van der Waals surface area contributed by atoms with Crippen LogP contribution in [-0.2, 0) is 4.79 Å². The lowest BCUT2D eigenvalue weighted by atomic mass is 10.1. The molecule has 19 heavy (non-hydrogen) atoms. The number of hydrogen-bond acceptors (Lipinski definition) is 2. The summed E-state index contributed by atoms with van der Waals surface area (Å²) in [6.45, 7) is 1.83. The number of carbonyl (C=O) groups excluding carboxylic acids is 1. The SMILES string of the molecule is CC(CCO)NC(=O)C1CC1c1ccc(F)cc1F. The second kappa shape index (κ2) is 5.65. The molecule has 1 fully saturated rings. The van der Waals surface area contributed by atoms with Crippen LogP contribution in [0.5, 0.6) is 0 Å². The number of carbonyl (C=O) groups is 1. The van der Waals surface area contributed by atoms with Crippen molar-refractivity contribution in [2.75, 3.05) is 6.61 Å². The molecule has 0 radical (unpaired) electrons. The minimum atomic E-state index is -0.612. The first-order chi connectivity index (χ1) is 9.02. The van der Waals surface area contributed by atoms with Crippen molar-refractivity contribution in [3.8, 4) is 0 Å². The zero-order chi connectivity index (χ0) is 14.0. The fourth-order valence-electron chi connectivity index (χ4n) is 2.25. The number of aliphatic hydroxyl groups excluding tert-OH is 1. The topological polar surface area (TPSA) is 49.3 Å². The zero-order valence-corrected chi connectivity index (χ0v) is 10.7. The van der Waals surface area contributed by atoms with Crippen molar-refractivity contribution in [2.24, 2.45) is 5.92 Å². The van der Waals surface area contributed by atoms with Crippen molar-refractivity contribution in [1.29, 1.82) is 0 Å². The first kappa shape index (κ1) is 13.9. The van der Waals surface area contributed by atoms with E-state index >= 15 is 0 Å². The molecule has 2 rings (SSSR count). The van der Waals surface area contributed by atoms with E-state index in [1.165, 1.54) is 12.1 Å².